The summed E-state index contributed by atoms with van der Waals surface area (Å²) in [6, 6.07) is 18.0. The fourth-order valence-corrected chi connectivity index (χ4v) is 3.01. The van der Waals surface area contributed by atoms with E-state index in [9.17, 15) is 9.90 Å². The van der Waals surface area contributed by atoms with Gasteiger partial charge in [-0.15, -0.1) is 0 Å². The molecule has 3 rings (SSSR count). The molecule has 0 bridgehead atoms. The minimum Gasteiger partial charge on any atom is -0.387 e. The molecule has 2 unspecified atom stereocenters. The summed E-state index contributed by atoms with van der Waals surface area (Å²) < 4.78 is 5.50. The Kier molecular flexibility index (Phi) is 7.19. The van der Waals surface area contributed by atoms with Crippen LogP contribution in [0.5, 0.6) is 0 Å². The van der Waals surface area contributed by atoms with Gasteiger partial charge in [0.15, 0.2) is 5.76 Å². The lowest BCUT2D eigenvalue weighted by Crippen LogP contribution is -2.31. The van der Waals surface area contributed by atoms with E-state index in [2.05, 4.69) is 15.8 Å². The highest BCUT2D eigenvalue weighted by Crippen LogP contribution is 2.27. The summed E-state index contributed by atoms with van der Waals surface area (Å²) in [5, 5.41) is 29.1. The first-order chi connectivity index (χ1) is 14.9. The van der Waals surface area contributed by atoms with Crippen LogP contribution in [0.4, 0.5) is 0 Å². The number of hydrogen-bond donors (Lipinski definition) is 3. The molecule has 31 heavy (non-hydrogen) atoms. The molecule has 3 aromatic rings. The van der Waals surface area contributed by atoms with E-state index in [-0.39, 0.29) is 5.91 Å². The van der Waals surface area contributed by atoms with Crippen LogP contribution < -0.4 is 10.6 Å². The van der Waals surface area contributed by atoms with Gasteiger partial charge in [-0.05, 0) is 24.6 Å². The van der Waals surface area contributed by atoms with Crippen molar-refractivity contribution >= 4 is 5.91 Å². The average molecular weight is 418 g/mol. The Morgan fingerprint density at radius 2 is 1.87 bits per heavy atom. The largest absolute Gasteiger partial charge is 0.387 e. The summed E-state index contributed by atoms with van der Waals surface area (Å²) >= 11 is 0. The lowest BCUT2D eigenvalue weighted by atomic mass is 10.0. The maximum atomic E-state index is 12.3. The summed E-state index contributed by atoms with van der Waals surface area (Å²) in [5.41, 5.74) is 3.44. The maximum Gasteiger partial charge on any atom is 0.252 e. The van der Waals surface area contributed by atoms with E-state index in [1.165, 1.54) is 0 Å². The molecule has 0 aliphatic carbocycles. The lowest BCUT2D eigenvalue weighted by molar-refractivity contribution is 0.0948. The molecule has 7 heteroatoms. The van der Waals surface area contributed by atoms with Crippen molar-refractivity contribution < 1.29 is 14.4 Å². The van der Waals surface area contributed by atoms with Crippen LogP contribution in [0.1, 0.15) is 42.8 Å². The first-order valence-corrected chi connectivity index (χ1v) is 10.2. The van der Waals surface area contributed by atoms with Gasteiger partial charge in [-0.25, -0.2) is 0 Å². The SMILES string of the molecule is CC(C)NCC(O)c1ccc(-c2cc(-c3cccc(C(=O)NC(C)C#N)c3)no2)cc1. The highest BCUT2D eigenvalue weighted by Gasteiger charge is 2.14. The van der Waals surface area contributed by atoms with Crippen LogP contribution in [0, 0.1) is 11.3 Å². The zero-order valence-corrected chi connectivity index (χ0v) is 17.8. The number of carbonyl (C=O) groups excluding carboxylic acids is 1. The van der Waals surface area contributed by atoms with Crippen LogP contribution in [0.15, 0.2) is 59.1 Å². The van der Waals surface area contributed by atoms with Gasteiger partial charge in [-0.2, -0.15) is 5.26 Å². The molecule has 160 valence electrons. The molecular weight excluding hydrogens is 392 g/mol. The molecule has 1 aromatic heterocycles. The van der Waals surface area contributed by atoms with Gasteiger partial charge in [0, 0.05) is 35.3 Å². The number of nitrogens with one attached hydrogen (secondary N) is 2. The van der Waals surface area contributed by atoms with Crippen molar-refractivity contribution in [3.8, 4) is 28.7 Å². The smallest absolute Gasteiger partial charge is 0.252 e. The van der Waals surface area contributed by atoms with E-state index < -0.39 is 12.1 Å². The van der Waals surface area contributed by atoms with Crippen LogP contribution in [-0.4, -0.2) is 34.8 Å². The minimum absolute atomic E-state index is 0.306. The second kappa shape index (κ2) is 10.0. The fourth-order valence-electron chi connectivity index (χ4n) is 3.01. The molecule has 2 aromatic carbocycles. The molecule has 0 aliphatic heterocycles. The Hall–Kier alpha value is -3.47. The summed E-state index contributed by atoms with van der Waals surface area (Å²) in [5.74, 6) is 0.269. The highest BCUT2D eigenvalue weighted by atomic mass is 16.5. The van der Waals surface area contributed by atoms with E-state index in [1.54, 1.807) is 31.2 Å². The van der Waals surface area contributed by atoms with Crippen molar-refractivity contribution in [1.82, 2.24) is 15.8 Å². The number of hydrogen-bond acceptors (Lipinski definition) is 6. The topological polar surface area (TPSA) is 111 Å². The van der Waals surface area contributed by atoms with Crippen LogP contribution in [0.2, 0.25) is 0 Å². The van der Waals surface area contributed by atoms with E-state index in [1.807, 2.05) is 50.2 Å². The van der Waals surface area contributed by atoms with Gasteiger partial charge < -0.3 is 20.3 Å². The number of nitrogens with zero attached hydrogens (tertiary/aromatic N) is 2. The van der Waals surface area contributed by atoms with Crippen molar-refractivity contribution in [2.45, 2.75) is 39.0 Å². The number of carbonyl (C=O) groups is 1. The predicted octanol–water partition coefficient (Wildman–Crippen LogP) is 3.68. The summed E-state index contributed by atoms with van der Waals surface area (Å²) in [6.07, 6.45) is -0.584. The standard InChI is InChI=1S/C24H26N4O3/c1-15(2)26-14-22(29)17-7-9-18(10-8-17)23-12-21(28-31-23)19-5-4-6-20(11-19)24(30)27-16(3)13-25/h4-12,15-16,22,26,29H,14H2,1-3H3,(H,27,30). The maximum absolute atomic E-state index is 12.3. The number of aliphatic hydroxyl groups excluding tert-OH is 1. The van der Waals surface area contributed by atoms with Gasteiger partial charge in [0.25, 0.3) is 5.91 Å². The molecule has 0 saturated carbocycles. The quantitative estimate of drug-likeness (QED) is 0.515. The third-order valence-electron chi connectivity index (χ3n) is 4.77. The number of amides is 1. The molecular formula is C24H26N4O3. The molecule has 7 nitrogen and oxygen atoms in total. The van der Waals surface area contributed by atoms with E-state index in [0.29, 0.717) is 29.6 Å². The Balaban J connectivity index is 1.74. The van der Waals surface area contributed by atoms with E-state index >= 15 is 0 Å². The lowest BCUT2D eigenvalue weighted by Gasteiger charge is -2.14. The summed E-state index contributed by atoms with van der Waals surface area (Å²) in [4.78, 5) is 12.3. The van der Waals surface area contributed by atoms with Crippen molar-refractivity contribution in [3.05, 3.63) is 65.7 Å². The van der Waals surface area contributed by atoms with Gasteiger partial charge in [-0.1, -0.05) is 55.4 Å². The second-order valence-corrected chi connectivity index (χ2v) is 7.68. The zero-order chi connectivity index (χ0) is 22.4. The number of aliphatic hydroxyl groups is 1. The summed E-state index contributed by atoms with van der Waals surface area (Å²) in [6.45, 7) is 6.18. The van der Waals surface area contributed by atoms with Crippen LogP contribution in [-0.2, 0) is 0 Å². The highest BCUT2D eigenvalue weighted by molar-refractivity contribution is 5.95. The Bertz CT molecular complexity index is 1070. The summed E-state index contributed by atoms with van der Waals surface area (Å²) in [7, 11) is 0. The van der Waals surface area contributed by atoms with Gasteiger partial charge in [-0.3, -0.25) is 4.79 Å². The molecule has 0 radical (unpaired) electrons. The number of rotatable bonds is 8. The van der Waals surface area contributed by atoms with Crippen molar-refractivity contribution in [2.75, 3.05) is 6.54 Å². The number of nitriles is 1. The molecule has 0 fully saturated rings. The third kappa shape index (κ3) is 5.79. The fraction of sp³-hybridized carbons (Fsp3) is 0.292. The van der Waals surface area contributed by atoms with Gasteiger partial charge in [0.05, 0.1) is 12.2 Å². The van der Waals surface area contributed by atoms with Crippen LogP contribution >= 0.6 is 0 Å². The Morgan fingerprint density at radius 3 is 2.55 bits per heavy atom. The Morgan fingerprint density at radius 1 is 1.13 bits per heavy atom. The van der Waals surface area contributed by atoms with Crippen LogP contribution in [0.3, 0.4) is 0 Å². The molecule has 0 aliphatic rings. The third-order valence-corrected chi connectivity index (χ3v) is 4.77. The van der Waals surface area contributed by atoms with Crippen LogP contribution in [0.25, 0.3) is 22.6 Å². The molecule has 2 atom stereocenters. The monoisotopic (exact) mass is 418 g/mol. The van der Waals surface area contributed by atoms with Crippen molar-refractivity contribution in [1.29, 1.82) is 5.26 Å². The normalized spacial score (nSPS) is 12.9. The van der Waals surface area contributed by atoms with Gasteiger partial charge in [0.2, 0.25) is 0 Å². The Labute approximate surface area is 181 Å². The average Bonchev–Trinajstić information content (AvgIpc) is 3.28. The predicted molar refractivity (Wildman–Crippen MR) is 118 cm³/mol. The van der Waals surface area contributed by atoms with Gasteiger partial charge >= 0.3 is 0 Å². The zero-order valence-electron chi connectivity index (χ0n) is 17.8. The number of aromatic nitrogens is 1. The van der Waals surface area contributed by atoms with Crippen molar-refractivity contribution in [2.24, 2.45) is 0 Å². The molecule has 1 amide bonds. The minimum atomic E-state index is -0.584. The molecule has 0 saturated heterocycles. The number of benzene rings is 2. The van der Waals surface area contributed by atoms with E-state index in [4.69, 9.17) is 9.78 Å². The first-order valence-electron chi connectivity index (χ1n) is 10.2. The molecule has 3 N–H and O–H groups in total. The molecule has 0 spiro atoms. The van der Waals surface area contributed by atoms with Gasteiger partial charge in [0.1, 0.15) is 11.7 Å². The first kappa shape index (κ1) is 22.2. The molecule has 1 heterocycles. The second-order valence-electron chi connectivity index (χ2n) is 7.68. The van der Waals surface area contributed by atoms with Crippen molar-refractivity contribution in [3.63, 3.8) is 0 Å². The van der Waals surface area contributed by atoms with E-state index in [0.717, 1.165) is 16.7 Å².